The largest absolute Gasteiger partial charge is 0.448 e. The van der Waals surface area contributed by atoms with Gasteiger partial charge >= 0.3 is 6.09 Å². The summed E-state index contributed by atoms with van der Waals surface area (Å²) in [6.45, 7) is 7.88. The molecule has 1 fully saturated rings. The average Bonchev–Trinajstić information content (AvgIpc) is 2.71. The molecule has 1 rings (SSSR count). The summed E-state index contributed by atoms with van der Waals surface area (Å²) in [6.07, 6.45) is 7.02. The van der Waals surface area contributed by atoms with Crippen LogP contribution < -0.4 is 0 Å². The van der Waals surface area contributed by atoms with Crippen LogP contribution in [0.3, 0.4) is 0 Å². The van der Waals surface area contributed by atoms with E-state index in [0.29, 0.717) is 6.61 Å². The maximum absolute atomic E-state index is 11.6. The molecule has 0 saturated carbocycles. The second-order valence-corrected chi connectivity index (χ2v) is 4.93. The number of hydrogen-bond donors (Lipinski definition) is 0. The molecule has 1 amide bonds. The molecule has 94 valence electrons. The first-order valence-electron chi connectivity index (χ1n) is 6.58. The van der Waals surface area contributed by atoms with Crippen LogP contribution in [0.1, 0.15) is 59.3 Å². The zero-order valence-electron chi connectivity index (χ0n) is 10.9. The smallest absolute Gasteiger partial charge is 0.410 e. The van der Waals surface area contributed by atoms with Gasteiger partial charge in [-0.3, -0.25) is 4.90 Å². The van der Waals surface area contributed by atoms with Crippen LogP contribution >= 0.6 is 0 Å². The Kier molecular flexibility index (Phi) is 5.10. The lowest BCUT2D eigenvalue weighted by Gasteiger charge is -2.36. The van der Waals surface area contributed by atoms with Gasteiger partial charge in [-0.2, -0.15) is 0 Å². The van der Waals surface area contributed by atoms with Gasteiger partial charge in [0.2, 0.25) is 0 Å². The fraction of sp³-hybridized carbons (Fsp3) is 0.923. The molecule has 3 nitrogen and oxygen atoms in total. The van der Waals surface area contributed by atoms with Crippen molar-refractivity contribution >= 4 is 6.09 Å². The Hall–Kier alpha value is -0.730. The van der Waals surface area contributed by atoms with Crippen LogP contribution in [-0.2, 0) is 4.74 Å². The molecule has 1 aliphatic heterocycles. The van der Waals surface area contributed by atoms with Gasteiger partial charge in [0.1, 0.15) is 6.61 Å². The minimum Gasteiger partial charge on any atom is -0.448 e. The number of cyclic esters (lactones) is 1. The summed E-state index contributed by atoms with van der Waals surface area (Å²) in [6, 6.07) is 0. The van der Waals surface area contributed by atoms with Gasteiger partial charge in [-0.15, -0.1) is 0 Å². The summed E-state index contributed by atoms with van der Waals surface area (Å²) in [5, 5.41) is 0. The summed E-state index contributed by atoms with van der Waals surface area (Å²) in [5.41, 5.74) is 0.00131. The number of carbonyl (C=O) groups excluding carboxylic acids is 1. The lowest BCUT2D eigenvalue weighted by molar-refractivity contribution is 0.109. The van der Waals surface area contributed by atoms with Crippen molar-refractivity contribution in [1.82, 2.24) is 4.90 Å². The lowest BCUT2D eigenvalue weighted by Crippen LogP contribution is -2.46. The predicted octanol–water partition coefficient (Wildman–Crippen LogP) is 3.58. The molecule has 16 heavy (non-hydrogen) atoms. The van der Waals surface area contributed by atoms with Gasteiger partial charge in [0.25, 0.3) is 0 Å². The van der Waals surface area contributed by atoms with E-state index < -0.39 is 0 Å². The van der Waals surface area contributed by atoms with E-state index in [1.54, 1.807) is 0 Å². The van der Waals surface area contributed by atoms with Crippen LogP contribution in [0.25, 0.3) is 0 Å². The van der Waals surface area contributed by atoms with E-state index in [1.165, 1.54) is 25.7 Å². The van der Waals surface area contributed by atoms with Crippen LogP contribution in [0.15, 0.2) is 0 Å². The minimum atomic E-state index is -0.125. The quantitative estimate of drug-likeness (QED) is 0.622. The molecule has 1 heterocycles. The molecule has 0 radical (unpaired) electrons. The molecule has 1 unspecified atom stereocenters. The van der Waals surface area contributed by atoms with Gasteiger partial charge in [0, 0.05) is 5.54 Å². The molecule has 0 aliphatic carbocycles. The standard InChI is InChI=1S/C13H25NO2/c1-4-6-7-8-9-13(3,5-2)14-10-11-16-12(14)15/h4-11H2,1-3H3. The molecule has 1 saturated heterocycles. The minimum absolute atomic E-state index is 0.00131. The first-order valence-corrected chi connectivity index (χ1v) is 6.58. The van der Waals surface area contributed by atoms with Crippen LogP contribution in [0.5, 0.6) is 0 Å². The van der Waals surface area contributed by atoms with Gasteiger partial charge in [-0.05, 0) is 19.8 Å². The van der Waals surface area contributed by atoms with E-state index in [0.717, 1.165) is 19.4 Å². The topological polar surface area (TPSA) is 29.5 Å². The van der Waals surface area contributed by atoms with E-state index in [9.17, 15) is 4.79 Å². The molecule has 0 aromatic heterocycles. The second kappa shape index (κ2) is 6.12. The Labute approximate surface area is 99.1 Å². The molecule has 0 spiro atoms. The monoisotopic (exact) mass is 227 g/mol. The fourth-order valence-corrected chi connectivity index (χ4v) is 2.32. The SMILES string of the molecule is CCCCCCC(C)(CC)N1CCOC1=O. The number of nitrogens with zero attached hydrogens (tertiary/aromatic N) is 1. The molecule has 0 aromatic carbocycles. The number of amides is 1. The Morgan fingerprint density at radius 3 is 2.56 bits per heavy atom. The molecule has 1 atom stereocenters. The summed E-state index contributed by atoms with van der Waals surface area (Å²) >= 11 is 0. The van der Waals surface area contributed by atoms with Gasteiger partial charge in [0.05, 0.1) is 6.54 Å². The number of carbonyl (C=O) groups is 1. The Morgan fingerprint density at radius 1 is 1.31 bits per heavy atom. The van der Waals surface area contributed by atoms with Gasteiger partial charge < -0.3 is 4.74 Å². The summed E-state index contributed by atoms with van der Waals surface area (Å²) in [5.74, 6) is 0. The molecular formula is C13H25NO2. The van der Waals surface area contributed by atoms with Crippen molar-refractivity contribution < 1.29 is 9.53 Å². The molecule has 0 bridgehead atoms. The van der Waals surface area contributed by atoms with E-state index in [1.807, 2.05) is 4.90 Å². The third kappa shape index (κ3) is 3.13. The molecule has 1 aliphatic rings. The van der Waals surface area contributed by atoms with Crippen molar-refractivity contribution in [3.8, 4) is 0 Å². The fourth-order valence-electron chi connectivity index (χ4n) is 2.32. The second-order valence-electron chi connectivity index (χ2n) is 4.93. The Balaban J connectivity index is 2.45. The third-order valence-corrected chi connectivity index (χ3v) is 3.74. The highest BCUT2D eigenvalue weighted by Gasteiger charge is 2.37. The third-order valence-electron chi connectivity index (χ3n) is 3.74. The zero-order chi connectivity index (χ0) is 12.0. The first kappa shape index (κ1) is 13.3. The molecule has 0 aromatic rings. The summed E-state index contributed by atoms with van der Waals surface area (Å²) in [7, 11) is 0. The van der Waals surface area contributed by atoms with Gasteiger partial charge in [-0.25, -0.2) is 4.79 Å². The van der Waals surface area contributed by atoms with Gasteiger partial charge in [0.15, 0.2) is 0 Å². The highest BCUT2D eigenvalue weighted by atomic mass is 16.6. The highest BCUT2D eigenvalue weighted by Crippen LogP contribution is 2.28. The average molecular weight is 227 g/mol. The summed E-state index contributed by atoms with van der Waals surface area (Å²) < 4.78 is 5.03. The van der Waals surface area contributed by atoms with Crippen molar-refractivity contribution in [1.29, 1.82) is 0 Å². The van der Waals surface area contributed by atoms with E-state index in [4.69, 9.17) is 4.74 Å². The number of ether oxygens (including phenoxy) is 1. The van der Waals surface area contributed by atoms with E-state index >= 15 is 0 Å². The number of hydrogen-bond acceptors (Lipinski definition) is 2. The van der Waals surface area contributed by atoms with E-state index in [-0.39, 0.29) is 11.6 Å². The number of unbranched alkanes of at least 4 members (excludes halogenated alkanes) is 3. The molecule has 3 heteroatoms. The van der Waals surface area contributed by atoms with Crippen molar-refractivity contribution in [2.45, 2.75) is 64.8 Å². The zero-order valence-corrected chi connectivity index (χ0v) is 10.9. The van der Waals surface area contributed by atoms with E-state index in [2.05, 4.69) is 20.8 Å². The van der Waals surface area contributed by atoms with Gasteiger partial charge in [-0.1, -0.05) is 39.5 Å². The maximum Gasteiger partial charge on any atom is 0.410 e. The number of rotatable bonds is 7. The maximum atomic E-state index is 11.6. The van der Waals surface area contributed by atoms with Crippen molar-refractivity contribution in [3.63, 3.8) is 0 Å². The van der Waals surface area contributed by atoms with Crippen molar-refractivity contribution in [2.24, 2.45) is 0 Å². The van der Waals surface area contributed by atoms with Crippen LogP contribution in [0, 0.1) is 0 Å². The Morgan fingerprint density at radius 2 is 2.06 bits per heavy atom. The molecular weight excluding hydrogens is 202 g/mol. The van der Waals surface area contributed by atoms with Crippen molar-refractivity contribution in [2.75, 3.05) is 13.2 Å². The predicted molar refractivity (Wildman–Crippen MR) is 65.5 cm³/mol. The van der Waals surface area contributed by atoms with Crippen LogP contribution in [-0.4, -0.2) is 29.7 Å². The van der Waals surface area contributed by atoms with Crippen LogP contribution in [0.4, 0.5) is 4.79 Å². The lowest BCUT2D eigenvalue weighted by atomic mass is 9.89. The Bertz CT molecular complexity index is 230. The van der Waals surface area contributed by atoms with Crippen molar-refractivity contribution in [3.05, 3.63) is 0 Å². The molecule has 0 N–H and O–H groups in total. The van der Waals surface area contributed by atoms with Crippen LogP contribution in [0.2, 0.25) is 0 Å². The first-order chi connectivity index (χ1) is 7.64. The summed E-state index contributed by atoms with van der Waals surface area (Å²) in [4.78, 5) is 13.5. The normalized spacial score (nSPS) is 19.7. The highest BCUT2D eigenvalue weighted by molar-refractivity contribution is 5.70.